The molecule has 0 aromatic heterocycles. The number of hydrogen-bond acceptors (Lipinski definition) is 0. The molecule has 160 valence electrons. The molecule has 0 heterocycles. The molecule has 0 aliphatic heterocycles. The van der Waals surface area contributed by atoms with E-state index in [1.807, 2.05) is 0 Å². The molecule has 0 saturated carbocycles. The van der Waals surface area contributed by atoms with Gasteiger partial charge in [0, 0.05) is 0 Å². The molecule has 0 unspecified atom stereocenters. The molecular formula is C26H54Cd. The zero-order chi connectivity index (χ0) is 19.6. The van der Waals surface area contributed by atoms with Crippen molar-refractivity contribution in [3.05, 3.63) is 12.8 Å². The summed E-state index contributed by atoms with van der Waals surface area (Å²) < 4.78 is 0. The van der Waals surface area contributed by atoms with Crippen molar-refractivity contribution in [1.29, 1.82) is 0 Å². The summed E-state index contributed by atoms with van der Waals surface area (Å²) in [5, 5.41) is 0. The molecule has 0 aromatic carbocycles. The van der Waals surface area contributed by atoms with Gasteiger partial charge in [-0.3, -0.25) is 0 Å². The van der Waals surface area contributed by atoms with Gasteiger partial charge in [-0.25, -0.2) is 0 Å². The van der Waals surface area contributed by atoms with E-state index in [1.165, 1.54) is 128 Å². The Morgan fingerprint density at radius 2 is 0.593 bits per heavy atom. The summed E-state index contributed by atoms with van der Waals surface area (Å²) in [7, 11) is 0. The molecule has 0 saturated heterocycles. The standard InChI is InChI=1S/2C13H27.Cd/c2*1-3-5-7-9-11-13-12-10-8-6-4-2;/h2*3H,4-13H2,1-2H3;/q2*-1;+2. The topological polar surface area (TPSA) is 0 Å². The summed E-state index contributed by atoms with van der Waals surface area (Å²) >= 11 is 0. The number of rotatable bonds is 20. The Morgan fingerprint density at radius 3 is 0.815 bits per heavy atom. The molecule has 0 N–H and O–H groups in total. The van der Waals surface area contributed by atoms with Crippen molar-refractivity contribution in [3.63, 3.8) is 0 Å². The Bertz CT molecular complexity index is 160. The minimum atomic E-state index is 0. The van der Waals surface area contributed by atoms with Crippen LogP contribution in [-0.4, -0.2) is 0 Å². The molecule has 0 amide bonds. The third-order valence-electron chi connectivity index (χ3n) is 5.19. The van der Waals surface area contributed by atoms with Crippen molar-refractivity contribution in [3.8, 4) is 0 Å². The van der Waals surface area contributed by atoms with Crippen LogP contribution in [0, 0.1) is 12.8 Å². The summed E-state index contributed by atoms with van der Waals surface area (Å²) in [6.07, 6.45) is 33.1. The first kappa shape index (κ1) is 32.6. The zero-order valence-corrected chi connectivity index (χ0v) is 24.0. The fourth-order valence-electron chi connectivity index (χ4n) is 3.32. The SMILES string of the molecule is C[CH-]CCCCCCCCCCC.C[CH-]CCCCCCCCCCC.[Cd+2]. The van der Waals surface area contributed by atoms with E-state index in [-0.39, 0.29) is 27.3 Å². The van der Waals surface area contributed by atoms with Crippen LogP contribution in [0.2, 0.25) is 0 Å². The van der Waals surface area contributed by atoms with Crippen LogP contribution < -0.4 is 0 Å². The third-order valence-corrected chi connectivity index (χ3v) is 5.19. The summed E-state index contributed by atoms with van der Waals surface area (Å²) in [6.45, 7) is 8.87. The van der Waals surface area contributed by atoms with Gasteiger partial charge in [0.15, 0.2) is 0 Å². The van der Waals surface area contributed by atoms with Gasteiger partial charge in [-0.05, 0) is 0 Å². The molecule has 0 nitrogen and oxygen atoms in total. The van der Waals surface area contributed by atoms with E-state index in [9.17, 15) is 0 Å². The Balaban J connectivity index is -0.000000411. The second-order valence-corrected chi connectivity index (χ2v) is 8.05. The van der Waals surface area contributed by atoms with Crippen LogP contribution in [0.4, 0.5) is 0 Å². The van der Waals surface area contributed by atoms with E-state index in [2.05, 4.69) is 40.5 Å². The normalized spacial score (nSPS) is 10.2. The quantitative estimate of drug-likeness (QED) is 0.0926. The minimum Gasteiger partial charge on any atom is -0.332 e. The minimum absolute atomic E-state index is 0. The van der Waals surface area contributed by atoms with Gasteiger partial charge in [0.2, 0.25) is 0 Å². The van der Waals surface area contributed by atoms with E-state index >= 15 is 0 Å². The first-order valence-corrected chi connectivity index (χ1v) is 12.4. The second kappa shape index (κ2) is 34.4. The van der Waals surface area contributed by atoms with Crippen LogP contribution in [0.25, 0.3) is 0 Å². The van der Waals surface area contributed by atoms with Crippen LogP contribution in [-0.2, 0) is 27.3 Å². The molecule has 0 bridgehead atoms. The Labute approximate surface area is 195 Å². The molecule has 27 heavy (non-hydrogen) atoms. The molecule has 0 spiro atoms. The predicted octanol–water partition coefficient (Wildman–Crippen LogP) is 10.3. The molecule has 0 radical (unpaired) electrons. The Kier molecular flexibility index (Phi) is 41.6. The van der Waals surface area contributed by atoms with Crippen molar-refractivity contribution in [2.45, 2.75) is 156 Å². The van der Waals surface area contributed by atoms with Gasteiger partial charge in [-0.2, -0.15) is 26.7 Å². The van der Waals surface area contributed by atoms with Gasteiger partial charge in [-0.1, -0.05) is 129 Å². The van der Waals surface area contributed by atoms with Gasteiger partial charge in [0.05, 0.1) is 0 Å². The fraction of sp³-hybridized carbons (Fsp3) is 0.923. The summed E-state index contributed by atoms with van der Waals surface area (Å²) in [5.41, 5.74) is 0. The Hall–Kier alpha value is 0.922. The number of unbranched alkanes of at least 4 members (excludes halogenated alkanes) is 20. The number of hydrogen-bond donors (Lipinski definition) is 0. The third kappa shape index (κ3) is 38.2. The molecule has 0 aliphatic carbocycles. The first-order valence-electron chi connectivity index (χ1n) is 12.4. The predicted molar refractivity (Wildman–Crippen MR) is 124 cm³/mol. The van der Waals surface area contributed by atoms with E-state index in [0.717, 1.165) is 0 Å². The van der Waals surface area contributed by atoms with Crippen LogP contribution in [0.3, 0.4) is 0 Å². The maximum atomic E-state index is 2.28. The molecule has 0 aliphatic rings. The summed E-state index contributed by atoms with van der Waals surface area (Å²) in [5.74, 6) is 0. The smallest absolute Gasteiger partial charge is 0.332 e. The summed E-state index contributed by atoms with van der Waals surface area (Å²) in [4.78, 5) is 0. The summed E-state index contributed by atoms with van der Waals surface area (Å²) in [6, 6.07) is 0. The van der Waals surface area contributed by atoms with Crippen LogP contribution in [0.5, 0.6) is 0 Å². The maximum absolute atomic E-state index is 2.28. The van der Waals surface area contributed by atoms with E-state index in [0.29, 0.717) is 0 Å². The monoisotopic (exact) mass is 480 g/mol. The van der Waals surface area contributed by atoms with Gasteiger partial charge in [0.25, 0.3) is 0 Å². The van der Waals surface area contributed by atoms with E-state index in [4.69, 9.17) is 0 Å². The molecule has 0 fully saturated rings. The van der Waals surface area contributed by atoms with Crippen LogP contribution in [0.1, 0.15) is 156 Å². The van der Waals surface area contributed by atoms with E-state index in [1.54, 1.807) is 0 Å². The van der Waals surface area contributed by atoms with Crippen molar-refractivity contribution < 1.29 is 27.3 Å². The molecule has 0 aromatic rings. The van der Waals surface area contributed by atoms with Crippen molar-refractivity contribution in [1.82, 2.24) is 0 Å². The molecular weight excluding hydrogens is 425 g/mol. The second-order valence-electron chi connectivity index (χ2n) is 8.05. The molecule has 0 atom stereocenters. The van der Waals surface area contributed by atoms with E-state index < -0.39 is 0 Å². The van der Waals surface area contributed by atoms with Crippen molar-refractivity contribution >= 4 is 0 Å². The van der Waals surface area contributed by atoms with Crippen molar-refractivity contribution in [2.75, 3.05) is 0 Å². The largest absolute Gasteiger partial charge is 2.00 e. The molecule has 0 rings (SSSR count). The van der Waals surface area contributed by atoms with Crippen LogP contribution in [0.15, 0.2) is 0 Å². The fourth-order valence-corrected chi connectivity index (χ4v) is 3.32. The zero-order valence-electron chi connectivity index (χ0n) is 20.0. The maximum Gasteiger partial charge on any atom is 2.00 e. The average Bonchev–Trinajstić information content (AvgIpc) is 2.66. The molecule has 1 heteroatoms. The Morgan fingerprint density at radius 1 is 0.370 bits per heavy atom. The van der Waals surface area contributed by atoms with Gasteiger partial charge in [0.1, 0.15) is 0 Å². The van der Waals surface area contributed by atoms with Gasteiger partial charge in [-0.15, -0.1) is 0 Å². The van der Waals surface area contributed by atoms with Crippen molar-refractivity contribution in [2.24, 2.45) is 0 Å². The van der Waals surface area contributed by atoms with Gasteiger partial charge < -0.3 is 12.8 Å². The average molecular weight is 479 g/mol. The van der Waals surface area contributed by atoms with Crippen LogP contribution >= 0.6 is 0 Å². The first-order chi connectivity index (χ1) is 12.8. The van der Waals surface area contributed by atoms with Gasteiger partial charge >= 0.3 is 27.3 Å².